The zero-order chi connectivity index (χ0) is 23.7. The molecule has 7 heteroatoms. The minimum Gasteiger partial charge on any atom is -0.351 e. The van der Waals surface area contributed by atoms with Gasteiger partial charge in [0.25, 0.3) is 5.89 Å². The van der Waals surface area contributed by atoms with E-state index in [1.807, 2.05) is 73.7 Å². The third-order valence-electron chi connectivity index (χ3n) is 5.95. The number of nitrogens with one attached hydrogen (secondary N) is 1. The second kappa shape index (κ2) is 9.41. The second-order valence-electron chi connectivity index (χ2n) is 8.29. The fourth-order valence-electron chi connectivity index (χ4n) is 4.07. The zero-order valence-electron chi connectivity index (χ0n) is 18.8. The van der Waals surface area contributed by atoms with E-state index in [-0.39, 0.29) is 6.04 Å². The van der Waals surface area contributed by atoms with Crippen molar-refractivity contribution in [2.24, 2.45) is 0 Å². The molecule has 1 aliphatic heterocycles. The summed E-state index contributed by atoms with van der Waals surface area (Å²) in [6.45, 7) is 4.69. The van der Waals surface area contributed by atoms with Crippen molar-refractivity contribution in [3.05, 3.63) is 112 Å². The molecule has 0 saturated heterocycles. The van der Waals surface area contributed by atoms with Crippen molar-refractivity contribution in [3.8, 4) is 11.4 Å². The molecule has 4 aromatic rings. The van der Waals surface area contributed by atoms with Gasteiger partial charge in [0, 0.05) is 22.8 Å². The van der Waals surface area contributed by atoms with Crippen molar-refractivity contribution in [1.82, 2.24) is 20.4 Å². The van der Waals surface area contributed by atoms with Crippen molar-refractivity contribution in [2.75, 3.05) is 0 Å². The van der Waals surface area contributed by atoms with Gasteiger partial charge in [-0.05, 0) is 49.3 Å². The minimum atomic E-state index is -0.207. The van der Waals surface area contributed by atoms with Gasteiger partial charge >= 0.3 is 0 Å². The molecular weight excluding hydrogens is 464 g/mol. The number of nitrogens with zero attached hydrogens (tertiary/aromatic N) is 3. The van der Waals surface area contributed by atoms with E-state index in [1.165, 1.54) is 5.56 Å². The molecule has 5 rings (SSSR count). The van der Waals surface area contributed by atoms with Crippen LogP contribution in [-0.2, 0) is 6.54 Å². The van der Waals surface area contributed by atoms with Crippen LogP contribution in [0.1, 0.15) is 35.5 Å². The number of rotatable bonds is 5. The van der Waals surface area contributed by atoms with E-state index in [0.29, 0.717) is 28.4 Å². The number of thiocarbonyl (C=S) groups is 1. The molecule has 170 valence electrons. The van der Waals surface area contributed by atoms with Gasteiger partial charge in [-0.25, -0.2) is 0 Å². The summed E-state index contributed by atoms with van der Waals surface area (Å²) in [5.41, 5.74) is 6.12. The first-order chi connectivity index (χ1) is 16.5. The van der Waals surface area contributed by atoms with Gasteiger partial charge in [0.15, 0.2) is 5.11 Å². The highest BCUT2D eigenvalue weighted by atomic mass is 35.5. The molecule has 0 bridgehead atoms. The van der Waals surface area contributed by atoms with Gasteiger partial charge in [-0.3, -0.25) is 0 Å². The third kappa shape index (κ3) is 4.47. The monoisotopic (exact) mass is 486 g/mol. The Balaban J connectivity index is 1.58. The molecule has 1 aromatic heterocycles. The summed E-state index contributed by atoms with van der Waals surface area (Å²) < 4.78 is 5.81. The van der Waals surface area contributed by atoms with Crippen LogP contribution in [0.3, 0.4) is 0 Å². The molecule has 1 aliphatic rings. The molecule has 0 radical (unpaired) electrons. The lowest BCUT2D eigenvalue weighted by Crippen LogP contribution is -2.45. The van der Waals surface area contributed by atoms with Crippen LogP contribution in [-0.4, -0.2) is 20.2 Å². The number of benzene rings is 3. The molecule has 1 unspecified atom stereocenters. The van der Waals surface area contributed by atoms with Crippen LogP contribution < -0.4 is 5.32 Å². The smallest absolute Gasteiger partial charge is 0.258 e. The van der Waals surface area contributed by atoms with Gasteiger partial charge < -0.3 is 14.7 Å². The Labute approximate surface area is 209 Å². The number of hydrogen-bond acceptors (Lipinski definition) is 4. The summed E-state index contributed by atoms with van der Waals surface area (Å²) in [6, 6.07) is 25.8. The van der Waals surface area contributed by atoms with Gasteiger partial charge in [0.05, 0.1) is 11.6 Å². The van der Waals surface area contributed by atoms with Gasteiger partial charge in [-0.1, -0.05) is 89.1 Å². The fourth-order valence-corrected chi connectivity index (χ4v) is 4.51. The van der Waals surface area contributed by atoms with Crippen molar-refractivity contribution in [3.63, 3.8) is 0 Å². The SMILES string of the molecule is CC1=C(c2nc(-c3ccc(C)cc3)no2)C(c2ccccc2)NC(=S)N1Cc1ccc(Cl)cc1. The second-order valence-corrected chi connectivity index (χ2v) is 9.12. The Kier molecular flexibility index (Phi) is 6.18. The first-order valence-electron chi connectivity index (χ1n) is 11.0. The summed E-state index contributed by atoms with van der Waals surface area (Å²) in [4.78, 5) is 6.83. The van der Waals surface area contributed by atoms with E-state index in [2.05, 4.69) is 34.4 Å². The summed E-state index contributed by atoms with van der Waals surface area (Å²) in [5, 5.41) is 9.12. The van der Waals surface area contributed by atoms with Crippen molar-refractivity contribution < 1.29 is 4.52 Å². The Morgan fingerprint density at radius 3 is 2.38 bits per heavy atom. The molecule has 0 saturated carbocycles. The Morgan fingerprint density at radius 1 is 0.971 bits per heavy atom. The van der Waals surface area contributed by atoms with E-state index >= 15 is 0 Å². The van der Waals surface area contributed by atoms with E-state index in [1.54, 1.807) is 0 Å². The summed E-state index contributed by atoms with van der Waals surface area (Å²) in [6.07, 6.45) is 0. The number of aryl methyl sites for hydroxylation is 1. The average Bonchev–Trinajstić information content (AvgIpc) is 3.33. The van der Waals surface area contributed by atoms with Crippen molar-refractivity contribution in [2.45, 2.75) is 26.4 Å². The lowest BCUT2D eigenvalue weighted by Gasteiger charge is -2.37. The molecular formula is C27H23ClN4OS. The Hall–Kier alpha value is -3.48. The molecule has 1 atom stereocenters. The fraction of sp³-hybridized carbons (Fsp3) is 0.148. The largest absolute Gasteiger partial charge is 0.351 e. The molecule has 0 fully saturated rings. The van der Waals surface area contributed by atoms with Crippen LogP contribution in [0.5, 0.6) is 0 Å². The lowest BCUT2D eigenvalue weighted by molar-refractivity contribution is 0.396. The lowest BCUT2D eigenvalue weighted by atomic mass is 9.94. The summed E-state index contributed by atoms with van der Waals surface area (Å²) >= 11 is 11.9. The maximum absolute atomic E-state index is 6.07. The quantitative estimate of drug-likeness (QED) is 0.322. The third-order valence-corrected chi connectivity index (χ3v) is 6.54. The molecule has 3 aromatic carbocycles. The van der Waals surface area contributed by atoms with Crippen LogP contribution >= 0.6 is 23.8 Å². The predicted molar refractivity (Wildman–Crippen MR) is 139 cm³/mol. The highest BCUT2D eigenvalue weighted by Crippen LogP contribution is 2.38. The summed E-state index contributed by atoms with van der Waals surface area (Å²) in [5.74, 6) is 1.03. The van der Waals surface area contributed by atoms with E-state index in [9.17, 15) is 0 Å². The summed E-state index contributed by atoms with van der Waals surface area (Å²) in [7, 11) is 0. The first-order valence-corrected chi connectivity index (χ1v) is 11.8. The molecule has 1 N–H and O–H groups in total. The predicted octanol–water partition coefficient (Wildman–Crippen LogP) is 6.56. The van der Waals surface area contributed by atoms with E-state index in [0.717, 1.165) is 28.0 Å². The van der Waals surface area contributed by atoms with E-state index in [4.69, 9.17) is 33.3 Å². The number of halogens is 1. The molecule has 5 nitrogen and oxygen atoms in total. The van der Waals surface area contributed by atoms with Gasteiger partial charge in [-0.2, -0.15) is 4.98 Å². The normalized spacial score (nSPS) is 16.0. The topological polar surface area (TPSA) is 54.2 Å². The molecule has 0 amide bonds. The van der Waals surface area contributed by atoms with Gasteiger partial charge in [-0.15, -0.1) is 0 Å². The highest BCUT2D eigenvalue weighted by Gasteiger charge is 2.34. The molecule has 34 heavy (non-hydrogen) atoms. The Bertz CT molecular complexity index is 1350. The molecule has 0 aliphatic carbocycles. The number of allylic oxidation sites excluding steroid dienone is 1. The van der Waals surface area contributed by atoms with Gasteiger partial charge in [0.2, 0.25) is 5.82 Å². The standard InChI is InChI=1S/C27H23ClN4OS/c1-17-8-12-21(13-9-17)25-30-26(33-31-25)23-18(2)32(16-19-10-14-22(28)15-11-19)27(34)29-24(23)20-6-4-3-5-7-20/h3-15,24H,16H2,1-2H3,(H,29,34). The number of hydrogen-bond donors (Lipinski definition) is 1. The zero-order valence-corrected chi connectivity index (χ0v) is 20.4. The Morgan fingerprint density at radius 2 is 1.68 bits per heavy atom. The van der Waals surface area contributed by atoms with Crippen molar-refractivity contribution >= 4 is 34.5 Å². The van der Waals surface area contributed by atoms with Crippen molar-refractivity contribution in [1.29, 1.82) is 0 Å². The highest BCUT2D eigenvalue weighted by molar-refractivity contribution is 7.80. The van der Waals surface area contributed by atoms with Crippen LogP contribution in [0.4, 0.5) is 0 Å². The first kappa shape index (κ1) is 22.3. The minimum absolute atomic E-state index is 0.207. The molecule has 0 spiro atoms. The average molecular weight is 487 g/mol. The number of aromatic nitrogens is 2. The van der Waals surface area contributed by atoms with Gasteiger partial charge in [0.1, 0.15) is 0 Å². The van der Waals surface area contributed by atoms with E-state index < -0.39 is 0 Å². The van der Waals surface area contributed by atoms with Crippen LogP contribution in [0.15, 0.2) is 89.1 Å². The maximum atomic E-state index is 6.07. The van der Waals surface area contributed by atoms with Crippen LogP contribution in [0, 0.1) is 6.92 Å². The maximum Gasteiger partial charge on any atom is 0.258 e. The van der Waals surface area contributed by atoms with Crippen LogP contribution in [0.25, 0.3) is 17.0 Å². The molecule has 2 heterocycles. The van der Waals surface area contributed by atoms with Crippen LogP contribution in [0.2, 0.25) is 5.02 Å².